The Kier molecular flexibility index (Phi) is 8.45. The van der Waals surface area contributed by atoms with E-state index >= 15 is 0 Å². The molecule has 0 radical (unpaired) electrons. The number of halogens is 4. The number of thiol groups is 1. The number of benzene rings is 1. The Labute approximate surface area is 242 Å². The minimum Gasteiger partial charge on any atom is -0.415 e. The largest absolute Gasteiger partial charge is 0.415 e. The van der Waals surface area contributed by atoms with Gasteiger partial charge in [-0.2, -0.15) is 8.78 Å². The molecule has 1 aromatic carbocycles. The Balaban J connectivity index is 1.33. The lowest BCUT2D eigenvalue weighted by molar-refractivity contribution is 0.0743. The molecule has 5 rings (SSSR count). The molecule has 16 heteroatoms. The molecule has 2 aliphatic heterocycles. The van der Waals surface area contributed by atoms with E-state index in [-0.39, 0.29) is 34.8 Å². The number of anilines is 1. The highest BCUT2D eigenvalue weighted by Gasteiger charge is 2.40. The molecule has 3 aromatic rings. The minimum absolute atomic E-state index is 0.142. The first-order valence-electron chi connectivity index (χ1n) is 12.9. The molecule has 0 amide bonds. The second kappa shape index (κ2) is 11.6. The van der Waals surface area contributed by atoms with Crippen molar-refractivity contribution in [1.29, 1.82) is 0 Å². The van der Waals surface area contributed by atoms with Crippen molar-refractivity contribution in [2.24, 2.45) is 0 Å². The van der Waals surface area contributed by atoms with Crippen LogP contribution in [-0.2, 0) is 26.7 Å². The van der Waals surface area contributed by atoms with Crippen molar-refractivity contribution in [2.45, 2.75) is 37.1 Å². The minimum atomic E-state index is -3.94. The zero-order valence-electron chi connectivity index (χ0n) is 22.3. The van der Waals surface area contributed by atoms with Gasteiger partial charge in [0.05, 0.1) is 33.8 Å². The zero-order chi connectivity index (χ0) is 29.5. The predicted molar refractivity (Wildman–Crippen MR) is 150 cm³/mol. The lowest BCUT2D eigenvalue weighted by Crippen LogP contribution is -2.63. The lowest BCUT2D eigenvalue weighted by atomic mass is 10.0. The summed E-state index contributed by atoms with van der Waals surface area (Å²) in [6, 6.07) is 7.01. The second-order valence-corrected chi connectivity index (χ2v) is 16.2. The van der Waals surface area contributed by atoms with E-state index in [0.29, 0.717) is 44.7 Å². The molecule has 0 saturated carbocycles. The number of sulfonamides is 1. The number of hydrogen-bond acceptors (Lipinski definition) is 8. The summed E-state index contributed by atoms with van der Waals surface area (Å²) in [6.45, 7) is 2.40. The van der Waals surface area contributed by atoms with Crippen molar-refractivity contribution in [2.75, 3.05) is 43.0 Å². The third-order valence-electron chi connectivity index (χ3n) is 7.44. The monoisotopic (exact) mass is 634 g/mol. The molecule has 10 nitrogen and oxygen atoms in total. The quantitative estimate of drug-likeness (QED) is 0.356. The summed E-state index contributed by atoms with van der Waals surface area (Å²) in [5, 5.41) is 5.99. The maximum Gasteiger partial charge on any atom is 0.314 e. The lowest BCUT2D eigenvalue weighted by Gasteiger charge is -2.50. The van der Waals surface area contributed by atoms with Crippen LogP contribution < -0.4 is 4.31 Å². The summed E-state index contributed by atoms with van der Waals surface area (Å²) < 4.78 is 87.9. The van der Waals surface area contributed by atoms with Gasteiger partial charge in [0, 0.05) is 37.8 Å². The SMILES string of the molecule is C[SH](C)(=O)N1CC(N2CCC(S(=O)(=O)N(Cc3ccc(-c4nnc(C(F)F)o4)cn3)c3ccc(F)c(Cl)c3)CC2)C1. The van der Waals surface area contributed by atoms with Crippen LogP contribution in [0.2, 0.25) is 5.02 Å². The Morgan fingerprint density at radius 1 is 1.15 bits per heavy atom. The van der Waals surface area contributed by atoms with Crippen LogP contribution in [0.25, 0.3) is 11.5 Å². The van der Waals surface area contributed by atoms with Crippen LogP contribution in [0.1, 0.15) is 30.9 Å². The average molecular weight is 635 g/mol. The standard InChI is InChI=1S/C25H30ClF3N6O4S2/c1-40(2,36)34-14-19(15-34)33-9-7-20(8-10-33)41(37,38)35(18-5-6-22(27)21(26)11-18)13-17-4-3-16(12-30-17)24-31-32-25(39-24)23(28)29/h3-6,11-12,19-20,23,40H,7-10,13-15H2,1-2H3. The van der Waals surface area contributed by atoms with E-state index in [0.717, 1.165) is 6.07 Å². The van der Waals surface area contributed by atoms with E-state index in [4.69, 9.17) is 16.0 Å². The molecule has 2 aromatic heterocycles. The number of nitrogens with zero attached hydrogens (tertiary/aromatic N) is 6. The van der Waals surface area contributed by atoms with Gasteiger partial charge in [0.25, 0.3) is 5.89 Å². The third-order valence-corrected chi connectivity index (χ3v) is 11.7. The van der Waals surface area contributed by atoms with Gasteiger partial charge in [-0.1, -0.05) is 21.7 Å². The average Bonchev–Trinajstić information content (AvgIpc) is 3.39. The topological polar surface area (TPSA) is 113 Å². The van der Waals surface area contributed by atoms with Crippen LogP contribution in [0.15, 0.2) is 40.9 Å². The first kappa shape index (κ1) is 29.9. The third kappa shape index (κ3) is 6.43. The number of pyridine rings is 1. The Morgan fingerprint density at radius 2 is 1.85 bits per heavy atom. The normalized spacial score (nSPS) is 18.5. The van der Waals surface area contributed by atoms with Gasteiger partial charge < -0.3 is 4.42 Å². The fraction of sp³-hybridized carbons (Fsp3) is 0.480. The highest BCUT2D eigenvalue weighted by molar-refractivity contribution is 7.99. The highest BCUT2D eigenvalue weighted by Crippen LogP contribution is 2.32. The smallest absolute Gasteiger partial charge is 0.314 e. The van der Waals surface area contributed by atoms with Crippen LogP contribution in [0.5, 0.6) is 0 Å². The van der Waals surface area contributed by atoms with Crippen molar-refractivity contribution in [3.8, 4) is 11.5 Å². The molecule has 4 heterocycles. The first-order valence-corrected chi connectivity index (χ1v) is 17.3. The predicted octanol–water partition coefficient (Wildman–Crippen LogP) is 3.54. The van der Waals surface area contributed by atoms with Gasteiger partial charge in [-0.3, -0.25) is 18.4 Å². The van der Waals surface area contributed by atoms with Crippen LogP contribution in [0.3, 0.4) is 0 Å². The summed E-state index contributed by atoms with van der Waals surface area (Å²) in [5.74, 6) is -1.63. The number of piperidine rings is 1. The van der Waals surface area contributed by atoms with E-state index in [9.17, 15) is 25.8 Å². The van der Waals surface area contributed by atoms with Gasteiger partial charge in [0.1, 0.15) is 5.82 Å². The van der Waals surface area contributed by atoms with Crippen LogP contribution in [0.4, 0.5) is 18.9 Å². The molecular weight excluding hydrogens is 605 g/mol. The number of likely N-dealkylation sites (tertiary alicyclic amines) is 1. The second-order valence-electron chi connectivity index (χ2n) is 10.5. The Morgan fingerprint density at radius 3 is 2.41 bits per heavy atom. The zero-order valence-corrected chi connectivity index (χ0v) is 24.8. The van der Waals surface area contributed by atoms with Crippen molar-refractivity contribution >= 4 is 37.4 Å². The van der Waals surface area contributed by atoms with Crippen LogP contribution in [0, 0.1) is 5.82 Å². The molecule has 0 N–H and O–H groups in total. The molecule has 0 unspecified atom stereocenters. The molecular formula is C25H30ClF3N6O4S2. The molecule has 0 atom stereocenters. The van der Waals surface area contributed by atoms with Gasteiger partial charge in [0.2, 0.25) is 15.9 Å². The number of rotatable bonds is 9. The molecule has 41 heavy (non-hydrogen) atoms. The van der Waals surface area contributed by atoms with Crippen LogP contribution in [-0.4, -0.2) is 87.0 Å². The van der Waals surface area contributed by atoms with E-state index in [1.165, 1.54) is 34.8 Å². The van der Waals surface area contributed by atoms with Crippen molar-refractivity contribution in [3.05, 3.63) is 59.0 Å². The van der Waals surface area contributed by atoms with Crippen molar-refractivity contribution in [1.82, 2.24) is 24.4 Å². The highest BCUT2D eigenvalue weighted by atomic mass is 35.5. The summed E-state index contributed by atoms with van der Waals surface area (Å²) in [7, 11) is -6.23. The summed E-state index contributed by atoms with van der Waals surface area (Å²) in [6.07, 6.45) is 2.70. The molecule has 2 saturated heterocycles. The van der Waals surface area contributed by atoms with E-state index in [1.807, 2.05) is 4.31 Å². The fourth-order valence-corrected chi connectivity index (χ4v) is 8.20. The van der Waals surface area contributed by atoms with E-state index in [1.54, 1.807) is 12.5 Å². The molecule has 0 spiro atoms. The number of alkyl halides is 2. The van der Waals surface area contributed by atoms with Crippen molar-refractivity contribution in [3.63, 3.8) is 0 Å². The Bertz CT molecular complexity index is 1540. The molecule has 0 bridgehead atoms. The fourth-order valence-electron chi connectivity index (χ4n) is 4.98. The molecule has 0 aliphatic carbocycles. The molecule has 2 aliphatic rings. The van der Waals surface area contributed by atoms with E-state index < -0.39 is 43.5 Å². The van der Waals surface area contributed by atoms with Gasteiger partial charge in [0.15, 0.2) is 0 Å². The van der Waals surface area contributed by atoms with Gasteiger partial charge in [-0.05, 0) is 56.3 Å². The number of hydrogen-bond donors (Lipinski definition) is 1. The van der Waals surface area contributed by atoms with Gasteiger partial charge >= 0.3 is 6.43 Å². The molecule has 224 valence electrons. The summed E-state index contributed by atoms with van der Waals surface area (Å²) in [4.78, 5) is 6.53. The molecule has 2 fully saturated rings. The van der Waals surface area contributed by atoms with E-state index in [2.05, 4.69) is 20.1 Å². The summed E-state index contributed by atoms with van der Waals surface area (Å²) in [5.41, 5.74) is 0.832. The van der Waals surface area contributed by atoms with Gasteiger partial charge in [-0.15, -0.1) is 10.2 Å². The maximum absolute atomic E-state index is 14.0. The Hall–Kier alpha value is -2.59. The number of aromatic nitrogens is 3. The van der Waals surface area contributed by atoms with Crippen LogP contribution >= 0.6 is 11.6 Å². The summed E-state index contributed by atoms with van der Waals surface area (Å²) >= 11 is 6.01. The van der Waals surface area contributed by atoms with Crippen molar-refractivity contribution < 1.29 is 30.2 Å². The maximum atomic E-state index is 14.0. The van der Waals surface area contributed by atoms with Gasteiger partial charge in [-0.25, -0.2) is 17.1 Å². The first-order chi connectivity index (χ1) is 19.3.